The Morgan fingerprint density at radius 3 is 2.57 bits per heavy atom. The molecule has 0 spiro atoms. The molecule has 0 atom stereocenters. The van der Waals surface area contributed by atoms with Crippen molar-refractivity contribution in [1.29, 1.82) is 0 Å². The topological polar surface area (TPSA) is 70.4 Å². The second-order valence-corrected chi connectivity index (χ2v) is 4.56. The fraction of sp³-hybridized carbons (Fsp3) is 0.214. The van der Waals surface area contributed by atoms with E-state index in [1.807, 2.05) is 0 Å². The number of rotatable bonds is 5. The maximum absolute atomic E-state index is 11.7. The van der Waals surface area contributed by atoms with Crippen LogP contribution in [0.4, 0.5) is 0 Å². The van der Waals surface area contributed by atoms with E-state index in [1.54, 1.807) is 24.3 Å². The van der Waals surface area contributed by atoms with Gasteiger partial charge in [0.15, 0.2) is 5.69 Å². The van der Waals surface area contributed by atoms with Gasteiger partial charge in [-0.3, -0.25) is 4.79 Å². The summed E-state index contributed by atoms with van der Waals surface area (Å²) in [5.41, 5.74) is -0.221. The van der Waals surface area contributed by atoms with Gasteiger partial charge in [-0.25, -0.2) is 9.48 Å². The van der Waals surface area contributed by atoms with Gasteiger partial charge in [-0.15, -0.1) is 0 Å². The highest BCUT2D eigenvalue weighted by atomic mass is 35.5. The summed E-state index contributed by atoms with van der Waals surface area (Å²) in [7, 11) is 1.46. The number of nitrogens with zero attached hydrogens (tertiary/aromatic N) is 2. The minimum absolute atomic E-state index is 0.0728. The zero-order valence-electron chi connectivity index (χ0n) is 11.3. The van der Waals surface area contributed by atoms with Crippen LogP contribution in [0.5, 0.6) is 5.75 Å². The molecule has 0 fully saturated rings. The molecular formula is C14H13ClN2O4. The third-order valence-electron chi connectivity index (χ3n) is 2.57. The summed E-state index contributed by atoms with van der Waals surface area (Å²) in [6, 6.07) is 9.44. The van der Waals surface area contributed by atoms with E-state index >= 15 is 0 Å². The summed E-state index contributed by atoms with van der Waals surface area (Å²) in [5.74, 6) is 0.0287. The number of hydrogen-bond donors (Lipinski definition) is 0. The predicted molar refractivity (Wildman–Crippen MR) is 76.7 cm³/mol. The van der Waals surface area contributed by atoms with Crippen LogP contribution >= 0.6 is 11.6 Å². The van der Waals surface area contributed by atoms with Crippen molar-refractivity contribution in [3.63, 3.8) is 0 Å². The molecule has 1 aromatic heterocycles. The summed E-state index contributed by atoms with van der Waals surface area (Å²) in [5, 5.41) is 4.41. The molecule has 0 N–H and O–H groups in total. The van der Waals surface area contributed by atoms with Crippen LogP contribution in [0, 0.1) is 0 Å². The van der Waals surface area contributed by atoms with Crippen molar-refractivity contribution in [2.75, 3.05) is 13.2 Å². The SMILES string of the molecule is Cn1nc(C(=O)OCCOc2ccc(Cl)cc2)ccc1=O. The number of ether oxygens (including phenoxy) is 2. The lowest BCUT2D eigenvalue weighted by atomic mass is 10.3. The van der Waals surface area contributed by atoms with Gasteiger partial charge in [0.1, 0.15) is 19.0 Å². The first kappa shape index (κ1) is 15.1. The Hall–Kier alpha value is -2.34. The molecule has 0 saturated carbocycles. The Labute approximate surface area is 125 Å². The molecule has 0 radical (unpaired) electrons. The van der Waals surface area contributed by atoms with Crippen LogP contribution in [0.1, 0.15) is 10.5 Å². The number of esters is 1. The molecule has 0 aliphatic carbocycles. The van der Waals surface area contributed by atoms with Crippen molar-refractivity contribution in [3.8, 4) is 5.75 Å². The van der Waals surface area contributed by atoms with Crippen LogP contribution in [0.25, 0.3) is 0 Å². The highest BCUT2D eigenvalue weighted by Crippen LogP contribution is 2.15. The number of carbonyl (C=O) groups is 1. The average Bonchev–Trinajstić information content (AvgIpc) is 2.48. The fourth-order valence-corrected chi connectivity index (χ4v) is 1.64. The lowest BCUT2D eigenvalue weighted by Gasteiger charge is -2.07. The molecule has 7 heteroatoms. The van der Waals surface area contributed by atoms with Crippen molar-refractivity contribution in [3.05, 3.63) is 57.5 Å². The molecular weight excluding hydrogens is 296 g/mol. The van der Waals surface area contributed by atoms with Gasteiger partial charge in [-0.1, -0.05) is 11.6 Å². The van der Waals surface area contributed by atoms with Gasteiger partial charge in [0.05, 0.1) is 0 Å². The van der Waals surface area contributed by atoms with Crippen molar-refractivity contribution in [2.45, 2.75) is 0 Å². The monoisotopic (exact) mass is 308 g/mol. The summed E-state index contributed by atoms with van der Waals surface area (Å²) in [4.78, 5) is 22.8. The van der Waals surface area contributed by atoms with Crippen LogP contribution in [0.3, 0.4) is 0 Å². The van der Waals surface area contributed by atoms with Gasteiger partial charge in [-0.05, 0) is 30.3 Å². The minimum Gasteiger partial charge on any atom is -0.490 e. The highest BCUT2D eigenvalue weighted by molar-refractivity contribution is 6.30. The lowest BCUT2D eigenvalue weighted by Crippen LogP contribution is -2.22. The van der Waals surface area contributed by atoms with Gasteiger partial charge < -0.3 is 9.47 Å². The molecule has 21 heavy (non-hydrogen) atoms. The summed E-state index contributed by atoms with van der Waals surface area (Å²) >= 11 is 5.75. The molecule has 0 aliphatic rings. The number of hydrogen-bond acceptors (Lipinski definition) is 5. The number of carbonyl (C=O) groups excluding carboxylic acids is 1. The molecule has 110 valence electrons. The number of halogens is 1. The van der Waals surface area contributed by atoms with E-state index in [2.05, 4.69) is 5.10 Å². The molecule has 0 bridgehead atoms. The average molecular weight is 309 g/mol. The van der Waals surface area contributed by atoms with Crippen LogP contribution in [-0.2, 0) is 11.8 Å². The van der Waals surface area contributed by atoms with Gasteiger partial charge >= 0.3 is 5.97 Å². The highest BCUT2D eigenvalue weighted by Gasteiger charge is 2.09. The quantitative estimate of drug-likeness (QED) is 0.621. The van der Waals surface area contributed by atoms with Crippen molar-refractivity contribution >= 4 is 17.6 Å². The van der Waals surface area contributed by atoms with Crippen molar-refractivity contribution in [2.24, 2.45) is 7.05 Å². The first-order chi connectivity index (χ1) is 10.1. The Kier molecular flexibility index (Phi) is 4.94. The second kappa shape index (κ2) is 6.90. The Morgan fingerprint density at radius 1 is 1.19 bits per heavy atom. The molecule has 2 aromatic rings. The third kappa shape index (κ3) is 4.32. The Bertz CT molecular complexity index is 682. The van der Waals surface area contributed by atoms with E-state index in [9.17, 15) is 9.59 Å². The van der Waals surface area contributed by atoms with Crippen LogP contribution < -0.4 is 10.3 Å². The van der Waals surface area contributed by atoms with E-state index in [1.165, 1.54) is 19.2 Å². The summed E-state index contributed by atoms with van der Waals surface area (Å²) in [6.45, 7) is 0.283. The molecule has 0 aliphatic heterocycles. The van der Waals surface area contributed by atoms with Gasteiger partial charge in [0.25, 0.3) is 5.56 Å². The Morgan fingerprint density at radius 2 is 1.90 bits per heavy atom. The standard InChI is InChI=1S/C14H13ClN2O4/c1-17-13(18)7-6-12(16-17)14(19)21-9-8-20-11-4-2-10(15)3-5-11/h2-7H,8-9H2,1H3. The summed E-state index contributed by atoms with van der Waals surface area (Å²) < 4.78 is 11.4. The maximum Gasteiger partial charge on any atom is 0.358 e. The first-order valence-electron chi connectivity index (χ1n) is 6.16. The maximum atomic E-state index is 11.7. The smallest absolute Gasteiger partial charge is 0.358 e. The molecule has 2 rings (SSSR count). The van der Waals surface area contributed by atoms with Crippen molar-refractivity contribution < 1.29 is 14.3 Å². The van der Waals surface area contributed by atoms with Crippen LogP contribution in [0.15, 0.2) is 41.2 Å². The largest absolute Gasteiger partial charge is 0.490 e. The zero-order chi connectivity index (χ0) is 15.2. The van der Waals surface area contributed by atoms with E-state index in [0.717, 1.165) is 4.68 Å². The normalized spacial score (nSPS) is 10.2. The van der Waals surface area contributed by atoms with Crippen LogP contribution in [-0.4, -0.2) is 29.0 Å². The molecule has 0 unspecified atom stereocenters. The molecule has 1 heterocycles. The fourth-order valence-electron chi connectivity index (χ4n) is 1.51. The number of aryl methyl sites for hydroxylation is 1. The number of aromatic nitrogens is 2. The zero-order valence-corrected chi connectivity index (χ0v) is 12.0. The molecule has 0 amide bonds. The third-order valence-corrected chi connectivity index (χ3v) is 2.82. The molecule has 1 aromatic carbocycles. The number of benzene rings is 1. The van der Waals surface area contributed by atoms with Gasteiger partial charge in [-0.2, -0.15) is 5.10 Å². The van der Waals surface area contributed by atoms with Gasteiger partial charge in [0, 0.05) is 18.1 Å². The lowest BCUT2D eigenvalue weighted by molar-refractivity contribution is 0.0441. The second-order valence-electron chi connectivity index (χ2n) is 4.12. The van der Waals surface area contributed by atoms with E-state index in [-0.39, 0.29) is 24.5 Å². The molecule has 0 saturated heterocycles. The first-order valence-corrected chi connectivity index (χ1v) is 6.54. The van der Waals surface area contributed by atoms with E-state index < -0.39 is 5.97 Å². The predicted octanol–water partition coefficient (Wildman–Crippen LogP) is 1.67. The molecule has 6 nitrogen and oxygen atoms in total. The van der Waals surface area contributed by atoms with Gasteiger partial charge in [0.2, 0.25) is 0 Å². The minimum atomic E-state index is -0.606. The van der Waals surface area contributed by atoms with E-state index in [4.69, 9.17) is 21.1 Å². The van der Waals surface area contributed by atoms with Crippen LogP contribution in [0.2, 0.25) is 5.02 Å². The van der Waals surface area contributed by atoms with Crippen molar-refractivity contribution in [1.82, 2.24) is 9.78 Å². The Balaban J connectivity index is 1.80. The summed E-state index contributed by atoms with van der Waals surface area (Å²) in [6.07, 6.45) is 0. The van der Waals surface area contributed by atoms with E-state index in [0.29, 0.717) is 10.8 Å².